The van der Waals surface area contributed by atoms with Gasteiger partial charge in [-0.1, -0.05) is 0 Å². The quantitative estimate of drug-likeness (QED) is 0.406. The van der Waals surface area contributed by atoms with Crippen molar-refractivity contribution in [2.75, 3.05) is 0 Å². The lowest BCUT2D eigenvalue weighted by atomic mass is 10.2. The Morgan fingerprint density at radius 1 is 1.67 bits per heavy atom. The van der Waals surface area contributed by atoms with Crippen molar-refractivity contribution in [3.8, 4) is 0 Å². The van der Waals surface area contributed by atoms with E-state index in [1.54, 1.807) is 12.3 Å². The molecule has 1 aliphatic heterocycles. The van der Waals surface area contributed by atoms with Crippen LogP contribution in [0.25, 0.3) is 0 Å². The Bertz CT molecular complexity index is 139. The minimum atomic E-state index is 0.0928. The molecule has 48 valence electrons. The second-order valence-corrected chi connectivity index (χ2v) is 1.80. The molecule has 1 rings (SSSR count). The van der Waals surface area contributed by atoms with Gasteiger partial charge in [0.25, 0.3) is 0 Å². The molecule has 9 heavy (non-hydrogen) atoms. The maximum absolute atomic E-state index is 9.80. The molecule has 0 saturated carbocycles. The van der Waals surface area contributed by atoms with Crippen molar-refractivity contribution in [2.24, 2.45) is 0 Å². The van der Waals surface area contributed by atoms with Crippen LogP contribution in [0.1, 0.15) is 6.42 Å². The van der Waals surface area contributed by atoms with E-state index in [1.165, 1.54) is 6.08 Å². The van der Waals surface area contributed by atoms with Crippen LogP contribution >= 0.6 is 0 Å². The van der Waals surface area contributed by atoms with Crippen molar-refractivity contribution in [1.82, 2.24) is 0 Å². The smallest absolute Gasteiger partial charge is 0.142 e. The molecule has 0 aromatic heterocycles. The number of ether oxygens (including phenoxy) is 1. The molecule has 0 aliphatic carbocycles. The average molecular weight is 124 g/mol. The van der Waals surface area contributed by atoms with Gasteiger partial charge in [-0.25, -0.2) is 0 Å². The first-order valence-electron chi connectivity index (χ1n) is 2.86. The van der Waals surface area contributed by atoms with Crippen LogP contribution in [-0.2, 0) is 9.53 Å². The fraction of sp³-hybridized carbons (Fsp3) is 0.286. The summed E-state index contributed by atoms with van der Waals surface area (Å²) in [6, 6.07) is 0. The van der Waals surface area contributed by atoms with Crippen LogP contribution < -0.4 is 0 Å². The molecular weight excluding hydrogens is 116 g/mol. The van der Waals surface area contributed by atoms with Gasteiger partial charge < -0.3 is 4.74 Å². The van der Waals surface area contributed by atoms with Crippen LogP contribution in [0.5, 0.6) is 0 Å². The number of hydrogen-bond donors (Lipinski definition) is 0. The Morgan fingerprint density at radius 3 is 3.11 bits per heavy atom. The zero-order valence-corrected chi connectivity index (χ0v) is 4.99. The van der Waals surface area contributed by atoms with Crippen LogP contribution in [0, 0.1) is 0 Å². The summed E-state index contributed by atoms with van der Waals surface area (Å²) in [7, 11) is 0. The molecule has 1 aliphatic rings. The molecule has 0 saturated heterocycles. The molecule has 0 fully saturated rings. The van der Waals surface area contributed by atoms with Crippen molar-refractivity contribution in [3.63, 3.8) is 0 Å². The number of allylic oxidation sites excluding steroid dienone is 1. The molecule has 0 radical (unpaired) electrons. The van der Waals surface area contributed by atoms with E-state index >= 15 is 0 Å². The third-order valence-corrected chi connectivity index (χ3v) is 1.12. The van der Waals surface area contributed by atoms with Crippen molar-refractivity contribution < 1.29 is 9.53 Å². The first-order chi connectivity index (χ1) is 4.43. The van der Waals surface area contributed by atoms with Gasteiger partial charge in [0, 0.05) is 6.42 Å². The zero-order chi connectivity index (χ0) is 6.53. The molecule has 1 atom stereocenters. The largest absolute Gasteiger partial charge is 0.494 e. The van der Waals surface area contributed by atoms with Crippen LogP contribution in [0.4, 0.5) is 0 Å². The summed E-state index contributed by atoms with van der Waals surface area (Å²) < 4.78 is 5.03. The Morgan fingerprint density at radius 2 is 2.56 bits per heavy atom. The summed E-state index contributed by atoms with van der Waals surface area (Å²) in [4.78, 5) is 9.80. The molecule has 0 aromatic carbocycles. The Hall–Kier alpha value is -1.05. The van der Waals surface area contributed by atoms with E-state index in [0.29, 0.717) is 0 Å². The monoisotopic (exact) mass is 124 g/mol. The van der Waals surface area contributed by atoms with Crippen molar-refractivity contribution in [1.29, 1.82) is 0 Å². The van der Waals surface area contributed by atoms with Crippen LogP contribution in [-0.4, -0.2) is 12.4 Å². The summed E-state index contributed by atoms with van der Waals surface area (Å²) >= 11 is 0. The second kappa shape index (κ2) is 3.07. The highest BCUT2D eigenvalue weighted by Crippen LogP contribution is 2.08. The standard InChI is InChI=1S/C7H8O2/c8-5-1-3-7-4-2-6-9-7/h1-3,5-7H,4H2/b3-1+. The Labute approximate surface area is 53.8 Å². The maximum Gasteiger partial charge on any atom is 0.142 e. The molecule has 0 aromatic rings. The minimum Gasteiger partial charge on any atom is -0.494 e. The molecule has 0 N–H and O–H groups in total. The summed E-state index contributed by atoms with van der Waals surface area (Å²) in [5, 5.41) is 0. The molecule has 0 amide bonds. The van der Waals surface area contributed by atoms with Crippen LogP contribution in [0.2, 0.25) is 0 Å². The lowest BCUT2D eigenvalue weighted by Crippen LogP contribution is -1.98. The zero-order valence-electron chi connectivity index (χ0n) is 4.99. The van der Waals surface area contributed by atoms with Crippen molar-refractivity contribution >= 4 is 6.29 Å². The lowest BCUT2D eigenvalue weighted by Gasteiger charge is -2.00. The summed E-state index contributed by atoms with van der Waals surface area (Å²) in [5.41, 5.74) is 0. The first-order valence-corrected chi connectivity index (χ1v) is 2.86. The third-order valence-electron chi connectivity index (χ3n) is 1.12. The van der Waals surface area contributed by atoms with Crippen LogP contribution in [0.15, 0.2) is 24.5 Å². The number of hydrogen-bond acceptors (Lipinski definition) is 2. The van der Waals surface area contributed by atoms with E-state index in [2.05, 4.69) is 0 Å². The van der Waals surface area contributed by atoms with Crippen molar-refractivity contribution in [3.05, 3.63) is 24.5 Å². The van der Waals surface area contributed by atoms with E-state index in [-0.39, 0.29) is 6.10 Å². The molecule has 2 nitrogen and oxygen atoms in total. The average Bonchev–Trinajstić information content (AvgIpc) is 2.34. The molecule has 2 heteroatoms. The number of carbonyl (C=O) groups excluding carboxylic acids is 1. The number of rotatable bonds is 2. The summed E-state index contributed by atoms with van der Waals surface area (Å²) in [5.74, 6) is 0. The van der Waals surface area contributed by atoms with E-state index in [1.807, 2.05) is 6.08 Å². The highest BCUT2D eigenvalue weighted by molar-refractivity contribution is 5.64. The van der Waals surface area contributed by atoms with Gasteiger partial charge in [-0.3, -0.25) is 4.79 Å². The second-order valence-electron chi connectivity index (χ2n) is 1.80. The summed E-state index contributed by atoms with van der Waals surface area (Å²) in [6.07, 6.45) is 8.51. The van der Waals surface area contributed by atoms with Gasteiger partial charge in [0.1, 0.15) is 12.4 Å². The lowest BCUT2D eigenvalue weighted by molar-refractivity contribution is -0.104. The Kier molecular flexibility index (Phi) is 2.07. The SMILES string of the molecule is O=C/C=C/C1CC=CO1. The number of carbonyl (C=O) groups is 1. The van der Waals surface area contributed by atoms with E-state index in [0.717, 1.165) is 12.7 Å². The van der Waals surface area contributed by atoms with E-state index in [4.69, 9.17) is 4.74 Å². The van der Waals surface area contributed by atoms with Gasteiger partial charge in [-0.15, -0.1) is 0 Å². The first kappa shape index (κ1) is 6.08. The van der Waals surface area contributed by atoms with Crippen LogP contribution in [0.3, 0.4) is 0 Å². The normalized spacial score (nSPS) is 24.7. The number of aldehydes is 1. The summed E-state index contributed by atoms with van der Waals surface area (Å²) in [6.45, 7) is 0. The third kappa shape index (κ3) is 1.72. The fourth-order valence-corrected chi connectivity index (χ4v) is 0.695. The van der Waals surface area contributed by atoms with Gasteiger partial charge in [0.15, 0.2) is 0 Å². The molecule has 0 spiro atoms. The predicted molar refractivity (Wildman–Crippen MR) is 33.8 cm³/mol. The molecule has 0 bridgehead atoms. The maximum atomic E-state index is 9.80. The molecular formula is C7H8O2. The van der Waals surface area contributed by atoms with Gasteiger partial charge in [0.2, 0.25) is 0 Å². The Balaban J connectivity index is 2.29. The topological polar surface area (TPSA) is 26.3 Å². The highest BCUT2D eigenvalue weighted by atomic mass is 16.5. The molecule has 1 heterocycles. The molecule has 1 unspecified atom stereocenters. The van der Waals surface area contributed by atoms with E-state index in [9.17, 15) is 4.79 Å². The van der Waals surface area contributed by atoms with Gasteiger partial charge >= 0.3 is 0 Å². The van der Waals surface area contributed by atoms with E-state index < -0.39 is 0 Å². The van der Waals surface area contributed by atoms with Crippen molar-refractivity contribution in [2.45, 2.75) is 12.5 Å². The minimum absolute atomic E-state index is 0.0928. The highest BCUT2D eigenvalue weighted by Gasteiger charge is 2.04. The van der Waals surface area contributed by atoms with Gasteiger partial charge in [0.05, 0.1) is 6.26 Å². The van der Waals surface area contributed by atoms with Gasteiger partial charge in [-0.2, -0.15) is 0 Å². The predicted octanol–water partition coefficient (Wildman–Crippen LogP) is 1.04. The van der Waals surface area contributed by atoms with Gasteiger partial charge in [-0.05, 0) is 18.2 Å². The fourth-order valence-electron chi connectivity index (χ4n) is 0.695.